The van der Waals surface area contributed by atoms with Crippen molar-refractivity contribution >= 4 is 0 Å². The second-order valence-electron chi connectivity index (χ2n) is 4.31. The summed E-state index contributed by atoms with van der Waals surface area (Å²) in [5.74, 6) is 1.34. The first-order valence-electron chi connectivity index (χ1n) is 5.72. The van der Waals surface area contributed by atoms with Gasteiger partial charge in [-0.15, -0.1) is 0 Å². The Labute approximate surface area is 97.2 Å². The van der Waals surface area contributed by atoms with E-state index in [1.54, 1.807) is 0 Å². The third kappa shape index (κ3) is 4.21. The molecule has 0 amide bonds. The molecule has 0 aliphatic carbocycles. The molecule has 1 aromatic carbocycles. The van der Waals surface area contributed by atoms with Crippen LogP contribution in [0.4, 0.5) is 0 Å². The van der Waals surface area contributed by atoms with Crippen molar-refractivity contribution in [1.29, 1.82) is 0 Å². The number of aliphatic hydroxyl groups is 1. The fourth-order valence-corrected chi connectivity index (χ4v) is 1.42. The van der Waals surface area contributed by atoms with Gasteiger partial charge in [0.1, 0.15) is 12.4 Å². The van der Waals surface area contributed by atoms with Crippen LogP contribution in [0.15, 0.2) is 24.3 Å². The van der Waals surface area contributed by atoms with E-state index in [1.807, 2.05) is 18.2 Å². The lowest BCUT2D eigenvalue weighted by molar-refractivity contribution is 0.233. The number of nitrogens with two attached hydrogens (primary N) is 1. The molecule has 0 aliphatic heterocycles. The molecule has 3 nitrogen and oxygen atoms in total. The van der Waals surface area contributed by atoms with Crippen molar-refractivity contribution in [2.45, 2.75) is 32.2 Å². The number of benzene rings is 1. The van der Waals surface area contributed by atoms with Gasteiger partial charge in [0, 0.05) is 12.6 Å². The first kappa shape index (κ1) is 13.0. The summed E-state index contributed by atoms with van der Waals surface area (Å²) in [6.45, 7) is 4.85. The Morgan fingerprint density at radius 3 is 2.75 bits per heavy atom. The number of hydrogen-bond acceptors (Lipinski definition) is 3. The average Bonchev–Trinajstić information content (AvgIpc) is 2.27. The summed E-state index contributed by atoms with van der Waals surface area (Å²) >= 11 is 0. The van der Waals surface area contributed by atoms with Crippen molar-refractivity contribution in [3.63, 3.8) is 0 Å². The van der Waals surface area contributed by atoms with E-state index in [4.69, 9.17) is 15.6 Å². The number of ether oxygens (including phenoxy) is 1. The predicted molar refractivity (Wildman–Crippen MR) is 65.7 cm³/mol. The molecule has 16 heavy (non-hydrogen) atoms. The maximum absolute atomic E-state index is 8.72. The van der Waals surface area contributed by atoms with Gasteiger partial charge < -0.3 is 15.6 Å². The van der Waals surface area contributed by atoms with Gasteiger partial charge in [-0.2, -0.15) is 0 Å². The number of rotatable bonds is 6. The minimum absolute atomic E-state index is 0.104. The average molecular weight is 223 g/mol. The Morgan fingerprint density at radius 1 is 1.38 bits per heavy atom. The van der Waals surface area contributed by atoms with Crippen LogP contribution in [0, 0.1) is 0 Å². The predicted octanol–water partition coefficient (Wildman–Crippen LogP) is 1.90. The second-order valence-corrected chi connectivity index (χ2v) is 4.31. The quantitative estimate of drug-likeness (QED) is 0.774. The first-order valence-corrected chi connectivity index (χ1v) is 5.72. The molecule has 1 aromatic rings. The summed E-state index contributed by atoms with van der Waals surface area (Å²) in [5.41, 5.74) is 7.00. The van der Waals surface area contributed by atoms with Gasteiger partial charge in [-0.05, 0) is 30.0 Å². The molecule has 0 aromatic heterocycles. The van der Waals surface area contributed by atoms with E-state index < -0.39 is 0 Å². The third-order valence-corrected chi connectivity index (χ3v) is 2.49. The standard InChI is InChI=1S/C13H21NO2/c1-10(2)11-4-3-5-13(8-11)16-9-12(14)6-7-15/h3-5,8,10,12,15H,6-7,9,14H2,1-2H3. The van der Waals surface area contributed by atoms with Gasteiger partial charge in [-0.25, -0.2) is 0 Å². The lowest BCUT2D eigenvalue weighted by Gasteiger charge is -2.13. The van der Waals surface area contributed by atoms with Crippen molar-refractivity contribution in [2.24, 2.45) is 5.73 Å². The normalized spacial score (nSPS) is 12.8. The fraction of sp³-hybridized carbons (Fsp3) is 0.538. The van der Waals surface area contributed by atoms with Gasteiger partial charge in [0.15, 0.2) is 0 Å². The van der Waals surface area contributed by atoms with Crippen LogP contribution in [0.25, 0.3) is 0 Å². The Balaban J connectivity index is 2.50. The van der Waals surface area contributed by atoms with E-state index in [-0.39, 0.29) is 12.6 Å². The summed E-state index contributed by atoms with van der Waals surface area (Å²) in [5, 5.41) is 8.72. The minimum Gasteiger partial charge on any atom is -0.492 e. The van der Waals surface area contributed by atoms with E-state index in [0.29, 0.717) is 18.9 Å². The molecule has 0 heterocycles. The van der Waals surface area contributed by atoms with Crippen molar-refractivity contribution in [3.05, 3.63) is 29.8 Å². The van der Waals surface area contributed by atoms with Crippen LogP contribution in [0.3, 0.4) is 0 Å². The van der Waals surface area contributed by atoms with Crippen LogP contribution in [-0.4, -0.2) is 24.4 Å². The second kappa shape index (κ2) is 6.51. The van der Waals surface area contributed by atoms with Gasteiger partial charge in [-0.1, -0.05) is 26.0 Å². The highest BCUT2D eigenvalue weighted by molar-refractivity contribution is 5.30. The van der Waals surface area contributed by atoms with Crippen molar-refractivity contribution in [2.75, 3.05) is 13.2 Å². The SMILES string of the molecule is CC(C)c1cccc(OCC(N)CCO)c1. The molecular formula is C13H21NO2. The molecule has 0 spiro atoms. The van der Waals surface area contributed by atoms with Gasteiger partial charge in [0.2, 0.25) is 0 Å². The van der Waals surface area contributed by atoms with E-state index >= 15 is 0 Å². The molecule has 3 heteroatoms. The Bertz CT molecular complexity index is 313. The minimum atomic E-state index is -0.104. The molecule has 0 fully saturated rings. The van der Waals surface area contributed by atoms with E-state index in [9.17, 15) is 0 Å². The van der Waals surface area contributed by atoms with Crippen LogP contribution in [0.2, 0.25) is 0 Å². The highest BCUT2D eigenvalue weighted by Gasteiger charge is 2.04. The zero-order valence-corrected chi connectivity index (χ0v) is 10.0. The van der Waals surface area contributed by atoms with Gasteiger partial charge in [0.05, 0.1) is 0 Å². The van der Waals surface area contributed by atoms with Crippen LogP contribution >= 0.6 is 0 Å². The van der Waals surface area contributed by atoms with Gasteiger partial charge in [0.25, 0.3) is 0 Å². The molecule has 3 N–H and O–H groups in total. The molecule has 1 rings (SSSR count). The fourth-order valence-electron chi connectivity index (χ4n) is 1.42. The molecule has 1 atom stereocenters. The molecule has 0 aliphatic rings. The summed E-state index contributed by atoms with van der Waals surface area (Å²) < 4.78 is 5.58. The molecule has 0 saturated heterocycles. The number of hydrogen-bond donors (Lipinski definition) is 2. The highest BCUT2D eigenvalue weighted by atomic mass is 16.5. The van der Waals surface area contributed by atoms with E-state index in [0.717, 1.165) is 5.75 Å². The zero-order valence-electron chi connectivity index (χ0n) is 10.0. The van der Waals surface area contributed by atoms with Crippen LogP contribution in [0.1, 0.15) is 31.7 Å². The van der Waals surface area contributed by atoms with Crippen molar-refractivity contribution < 1.29 is 9.84 Å². The smallest absolute Gasteiger partial charge is 0.119 e. The summed E-state index contributed by atoms with van der Waals surface area (Å²) in [6, 6.07) is 7.94. The number of aliphatic hydroxyl groups excluding tert-OH is 1. The lowest BCUT2D eigenvalue weighted by atomic mass is 10.0. The van der Waals surface area contributed by atoms with E-state index in [1.165, 1.54) is 5.56 Å². The maximum Gasteiger partial charge on any atom is 0.119 e. The summed E-state index contributed by atoms with van der Waals surface area (Å²) in [6.07, 6.45) is 0.573. The molecule has 0 bridgehead atoms. The van der Waals surface area contributed by atoms with E-state index in [2.05, 4.69) is 19.9 Å². The molecule has 0 radical (unpaired) electrons. The molecule has 90 valence electrons. The van der Waals surface area contributed by atoms with Gasteiger partial charge in [-0.3, -0.25) is 0 Å². The van der Waals surface area contributed by atoms with Crippen LogP contribution < -0.4 is 10.5 Å². The largest absolute Gasteiger partial charge is 0.492 e. The first-order chi connectivity index (χ1) is 7.63. The maximum atomic E-state index is 8.72. The van der Waals surface area contributed by atoms with Crippen LogP contribution in [0.5, 0.6) is 5.75 Å². The summed E-state index contributed by atoms with van der Waals surface area (Å²) in [4.78, 5) is 0. The van der Waals surface area contributed by atoms with Crippen molar-refractivity contribution in [1.82, 2.24) is 0 Å². The lowest BCUT2D eigenvalue weighted by Crippen LogP contribution is -2.28. The summed E-state index contributed by atoms with van der Waals surface area (Å²) in [7, 11) is 0. The monoisotopic (exact) mass is 223 g/mol. The molecule has 0 saturated carbocycles. The van der Waals surface area contributed by atoms with Crippen molar-refractivity contribution in [3.8, 4) is 5.75 Å². The molecule has 1 unspecified atom stereocenters. The van der Waals surface area contributed by atoms with Gasteiger partial charge >= 0.3 is 0 Å². The zero-order chi connectivity index (χ0) is 12.0. The van der Waals surface area contributed by atoms with Crippen LogP contribution in [-0.2, 0) is 0 Å². The topological polar surface area (TPSA) is 55.5 Å². The Hall–Kier alpha value is -1.06. The highest BCUT2D eigenvalue weighted by Crippen LogP contribution is 2.20. The molecular weight excluding hydrogens is 202 g/mol. The Kier molecular flexibility index (Phi) is 5.29. The third-order valence-electron chi connectivity index (χ3n) is 2.49. The Morgan fingerprint density at radius 2 is 2.12 bits per heavy atom.